The lowest BCUT2D eigenvalue weighted by molar-refractivity contribution is -0.136. The number of carbonyl (C=O) groups is 2. The fraction of sp³-hybridized carbons (Fsp3) is 0.0625. The van der Waals surface area contributed by atoms with Crippen LogP contribution in [-0.2, 0) is 9.59 Å². The van der Waals surface area contributed by atoms with Crippen LogP contribution in [0.2, 0.25) is 10.0 Å². The predicted octanol–water partition coefficient (Wildman–Crippen LogP) is 3.09. The Balaban J connectivity index is 1.89. The lowest BCUT2D eigenvalue weighted by Gasteiger charge is -2.05. The van der Waals surface area contributed by atoms with E-state index in [4.69, 9.17) is 27.9 Å². The molecule has 0 aromatic heterocycles. The molecule has 2 N–H and O–H groups in total. The van der Waals surface area contributed by atoms with Crippen LogP contribution >= 0.6 is 23.2 Å². The van der Waals surface area contributed by atoms with E-state index in [9.17, 15) is 9.59 Å². The molecular formula is C16H13Cl2N3O3. The van der Waals surface area contributed by atoms with Crippen molar-refractivity contribution in [2.75, 3.05) is 12.4 Å². The van der Waals surface area contributed by atoms with Gasteiger partial charge in [-0.2, -0.15) is 5.10 Å². The van der Waals surface area contributed by atoms with Crippen molar-refractivity contribution < 1.29 is 14.3 Å². The minimum atomic E-state index is -0.911. The Morgan fingerprint density at radius 1 is 1.04 bits per heavy atom. The largest absolute Gasteiger partial charge is 0.497 e. The molecule has 0 aliphatic rings. The highest BCUT2D eigenvalue weighted by Crippen LogP contribution is 2.24. The Morgan fingerprint density at radius 2 is 1.75 bits per heavy atom. The predicted molar refractivity (Wildman–Crippen MR) is 93.8 cm³/mol. The van der Waals surface area contributed by atoms with Crippen LogP contribution in [0.1, 0.15) is 5.56 Å². The average molecular weight is 366 g/mol. The molecule has 24 heavy (non-hydrogen) atoms. The second-order valence-electron chi connectivity index (χ2n) is 4.56. The molecule has 2 aromatic carbocycles. The van der Waals surface area contributed by atoms with Crippen LogP contribution in [0.4, 0.5) is 5.69 Å². The lowest BCUT2D eigenvalue weighted by atomic mass is 10.2. The van der Waals surface area contributed by atoms with E-state index < -0.39 is 11.8 Å². The van der Waals surface area contributed by atoms with Gasteiger partial charge in [0.25, 0.3) is 0 Å². The first-order valence-electron chi connectivity index (χ1n) is 6.73. The Kier molecular flexibility index (Phi) is 6.17. The first-order chi connectivity index (χ1) is 11.5. The van der Waals surface area contributed by atoms with Gasteiger partial charge >= 0.3 is 11.8 Å². The van der Waals surface area contributed by atoms with E-state index >= 15 is 0 Å². The van der Waals surface area contributed by atoms with E-state index in [1.807, 2.05) is 0 Å². The summed E-state index contributed by atoms with van der Waals surface area (Å²) in [6.07, 6.45) is 1.41. The Hall–Kier alpha value is -2.57. The number of anilines is 1. The van der Waals surface area contributed by atoms with Gasteiger partial charge in [-0.3, -0.25) is 9.59 Å². The number of hydrogen-bond donors (Lipinski definition) is 2. The van der Waals surface area contributed by atoms with Gasteiger partial charge in [0.2, 0.25) is 0 Å². The van der Waals surface area contributed by atoms with Crippen molar-refractivity contribution in [2.45, 2.75) is 0 Å². The standard InChI is InChI=1S/C16H13Cl2N3O3/c1-24-12-5-2-10(3-6-12)9-19-21-16(23)15(22)20-11-4-7-13(17)14(18)8-11/h2-9H,1H3,(H,20,22)(H,21,23). The third-order valence-corrected chi connectivity index (χ3v) is 3.62. The zero-order valence-electron chi connectivity index (χ0n) is 12.5. The Bertz CT molecular complexity index is 777. The second kappa shape index (κ2) is 8.33. The fourth-order valence-electron chi connectivity index (χ4n) is 1.67. The number of hydrogen-bond acceptors (Lipinski definition) is 4. The maximum absolute atomic E-state index is 11.7. The summed E-state index contributed by atoms with van der Waals surface area (Å²) in [6.45, 7) is 0. The van der Waals surface area contributed by atoms with Gasteiger partial charge in [-0.25, -0.2) is 5.43 Å². The minimum absolute atomic E-state index is 0.271. The van der Waals surface area contributed by atoms with Crippen molar-refractivity contribution in [3.63, 3.8) is 0 Å². The number of carbonyl (C=O) groups excluding carboxylic acids is 2. The van der Waals surface area contributed by atoms with Crippen molar-refractivity contribution in [2.24, 2.45) is 5.10 Å². The molecule has 2 rings (SSSR count). The maximum Gasteiger partial charge on any atom is 0.329 e. The summed E-state index contributed by atoms with van der Waals surface area (Å²) in [7, 11) is 1.57. The van der Waals surface area contributed by atoms with Crippen molar-refractivity contribution >= 4 is 46.9 Å². The smallest absolute Gasteiger partial charge is 0.329 e. The Labute approximate surface area is 148 Å². The van der Waals surface area contributed by atoms with Crippen LogP contribution in [0.15, 0.2) is 47.6 Å². The monoisotopic (exact) mass is 365 g/mol. The van der Waals surface area contributed by atoms with Crippen LogP contribution in [0, 0.1) is 0 Å². The molecule has 0 spiro atoms. The fourth-order valence-corrected chi connectivity index (χ4v) is 1.97. The number of halogens is 2. The van der Waals surface area contributed by atoms with E-state index in [1.54, 1.807) is 31.4 Å². The third-order valence-electron chi connectivity index (χ3n) is 2.88. The molecule has 0 bridgehead atoms. The molecule has 0 aliphatic carbocycles. The summed E-state index contributed by atoms with van der Waals surface area (Å²) in [5.74, 6) is -1.08. The van der Waals surface area contributed by atoms with Crippen LogP contribution in [0.3, 0.4) is 0 Å². The van der Waals surface area contributed by atoms with Crippen molar-refractivity contribution in [1.29, 1.82) is 0 Å². The molecule has 8 heteroatoms. The van der Waals surface area contributed by atoms with E-state index in [1.165, 1.54) is 24.4 Å². The number of rotatable bonds is 4. The van der Waals surface area contributed by atoms with E-state index in [-0.39, 0.29) is 5.02 Å². The quantitative estimate of drug-likeness (QED) is 0.496. The van der Waals surface area contributed by atoms with E-state index in [0.717, 1.165) is 5.56 Å². The molecule has 6 nitrogen and oxygen atoms in total. The van der Waals surface area contributed by atoms with Crippen LogP contribution < -0.4 is 15.5 Å². The number of amides is 2. The summed E-state index contributed by atoms with van der Waals surface area (Å²) >= 11 is 11.6. The van der Waals surface area contributed by atoms with E-state index in [2.05, 4.69) is 15.8 Å². The molecule has 0 radical (unpaired) electrons. The number of methoxy groups -OCH3 is 1. The molecule has 0 fully saturated rings. The number of nitrogens with zero attached hydrogens (tertiary/aromatic N) is 1. The number of hydrazone groups is 1. The van der Waals surface area contributed by atoms with Gasteiger partial charge in [0.15, 0.2) is 0 Å². The number of benzene rings is 2. The average Bonchev–Trinajstić information content (AvgIpc) is 2.58. The summed E-state index contributed by atoms with van der Waals surface area (Å²) < 4.78 is 5.03. The molecule has 0 aliphatic heterocycles. The van der Waals surface area contributed by atoms with Crippen molar-refractivity contribution in [1.82, 2.24) is 5.43 Å². The van der Waals surface area contributed by atoms with Gasteiger partial charge in [0, 0.05) is 5.69 Å². The molecule has 0 atom stereocenters. The lowest BCUT2D eigenvalue weighted by Crippen LogP contribution is -2.32. The zero-order valence-corrected chi connectivity index (χ0v) is 14.1. The zero-order chi connectivity index (χ0) is 17.5. The van der Waals surface area contributed by atoms with Gasteiger partial charge in [-0.15, -0.1) is 0 Å². The summed E-state index contributed by atoms with van der Waals surface area (Å²) in [5, 5.41) is 6.73. The first-order valence-corrected chi connectivity index (χ1v) is 7.48. The molecule has 2 amide bonds. The third kappa shape index (κ3) is 4.97. The topological polar surface area (TPSA) is 79.8 Å². The van der Waals surface area contributed by atoms with Gasteiger partial charge in [0.05, 0.1) is 23.4 Å². The minimum Gasteiger partial charge on any atom is -0.497 e. The number of ether oxygens (including phenoxy) is 1. The molecule has 0 heterocycles. The second-order valence-corrected chi connectivity index (χ2v) is 5.37. The Morgan fingerprint density at radius 3 is 2.38 bits per heavy atom. The highest BCUT2D eigenvalue weighted by atomic mass is 35.5. The highest BCUT2D eigenvalue weighted by Gasteiger charge is 2.13. The van der Waals surface area contributed by atoms with Gasteiger partial charge in [-0.1, -0.05) is 23.2 Å². The van der Waals surface area contributed by atoms with Crippen molar-refractivity contribution in [3.8, 4) is 5.75 Å². The molecule has 0 saturated heterocycles. The van der Waals surface area contributed by atoms with Crippen LogP contribution in [0.5, 0.6) is 5.75 Å². The molecular weight excluding hydrogens is 353 g/mol. The van der Waals surface area contributed by atoms with Gasteiger partial charge in [0.1, 0.15) is 5.75 Å². The first kappa shape index (κ1) is 17.8. The summed E-state index contributed by atoms with van der Waals surface area (Å²) in [5.41, 5.74) is 3.22. The van der Waals surface area contributed by atoms with Gasteiger partial charge in [-0.05, 0) is 48.0 Å². The molecule has 2 aromatic rings. The van der Waals surface area contributed by atoms with Crippen molar-refractivity contribution in [3.05, 3.63) is 58.1 Å². The van der Waals surface area contributed by atoms with Crippen LogP contribution in [-0.4, -0.2) is 25.1 Å². The summed E-state index contributed by atoms with van der Waals surface area (Å²) in [6, 6.07) is 11.5. The van der Waals surface area contributed by atoms with Gasteiger partial charge < -0.3 is 10.1 Å². The summed E-state index contributed by atoms with van der Waals surface area (Å²) in [4.78, 5) is 23.4. The maximum atomic E-state index is 11.7. The molecule has 124 valence electrons. The molecule has 0 unspecified atom stereocenters. The van der Waals surface area contributed by atoms with E-state index in [0.29, 0.717) is 16.5 Å². The highest BCUT2D eigenvalue weighted by molar-refractivity contribution is 6.42. The molecule has 0 saturated carbocycles. The SMILES string of the molecule is COc1ccc(C=NNC(=O)C(=O)Nc2ccc(Cl)c(Cl)c2)cc1. The van der Waals surface area contributed by atoms with Crippen LogP contribution in [0.25, 0.3) is 0 Å². The number of nitrogens with one attached hydrogen (secondary N) is 2. The normalized spacial score (nSPS) is 10.5.